The molecule has 0 aromatic carbocycles. The number of nitrogens with two attached hydrogens (primary N) is 1. The van der Waals surface area contributed by atoms with Crippen LogP contribution >= 0.6 is 0 Å². The molecular formula is C8H12N2O2. The maximum atomic E-state index is 8.59. The highest BCUT2D eigenvalue weighted by atomic mass is 16.5. The second-order valence-corrected chi connectivity index (χ2v) is 2.47. The van der Waals surface area contributed by atoms with Gasteiger partial charge in [-0.05, 0) is 23.9 Å². The Bertz CT molecular complexity index is 241. The van der Waals surface area contributed by atoms with Gasteiger partial charge in [0.1, 0.15) is 0 Å². The highest BCUT2D eigenvalue weighted by molar-refractivity contribution is 5.35. The predicted molar refractivity (Wildman–Crippen MR) is 45.7 cm³/mol. The molecule has 0 saturated heterocycles. The number of rotatable bonds is 2. The molecule has 4 nitrogen and oxygen atoms in total. The number of allylic oxidation sites excluding steroid dienone is 2. The van der Waals surface area contributed by atoms with Crippen molar-refractivity contribution in [2.24, 2.45) is 5.73 Å². The zero-order valence-corrected chi connectivity index (χ0v) is 6.57. The molecule has 1 heterocycles. The first-order valence-corrected chi connectivity index (χ1v) is 3.63. The van der Waals surface area contributed by atoms with Crippen molar-refractivity contribution in [3.63, 3.8) is 0 Å². The number of hydrogen-bond acceptors (Lipinski definition) is 4. The van der Waals surface area contributed by atoms with Crippen LogP contribution in [0.5, 0.6) is 0 Å². The quantitative estimate of drug-likeness (QED) is 0.406. The van der Waals surface area contributed by atoms with Gasteiger partial charge in [-0.3, -0.25) is 0 Å². The molecule has 4 heteroatoms. The van der Waals surface area contributed by atoms with Gasteiger partial charge in [0, 0.05) is 12.2 Å². The molecule has 0 aliphatic carbocycles. The normalized spacial score (nSPS) is 17.6. The molecule has 0 bridgehead atoms. The minimum absolute atomic E-state index is 0.391. The van der Waals surface area contributed by atoms with Crippen LogP contribution in [0, 0.1) is 0 Å². The van der Waals surface area contributed by atoms with Crippen molar-refractivity contribution in [3.05, 3.63) is 35.7 Å². The van der Waals surface area contributed by atoms with Gasteiger partial charge in [-0.1, -0.05) is 6.08 Å². The highest BCUT2D eigenvalue weighted by Gasteiger charge is 2.03. The topological polar surface area (TPSA) is 78.5 Å². The Morgan fingerprint density at radius 1 is 1.67 bits per heavy atom. The van der Waals surface area contributed by atoms with E-state index in [0.717, 1.165) is 5.57 Å². The fourth-order valence-electron chi connectivity index (χ4n) is 0.926. The monoisotopic (exact) mass is 168 g/mol. The van der Waals surface area contributed by atoms with E-state index in [1.807, 2.05) is 12.2 Å². The lowest BCUT2D eigenvalue weighted by molar-refractivity contribution is 0.00179. The number of aliphatic hydroxyl groups is 2. The minimum Gasteiger partial charge on any atom is -0.399 e. The summed E-state index contributed by atoms with van der Waals surface area (Å²) in [6.07, 6.45) is 5.13. The molecule has 0 saturated carbocycles. The second kappa shape index (κ2) is 3.94. The van der Waals surface area contributed by atoms with Crippen molar-refractivity contribution in [1.82, 2.24) is 5.32 Å². The van der Waals surface area contributed by atoms with Gasteiger partial charge in [0.25, 0.3) is 0 Å². The van der Waals surface area contributed by atoms with Crippen LogP contribution < -0.4 is 11.1 Å². The molecule has 1 rings (SSSR count). The van der Waals surface area contributed by atoms with Gasteiger partial charge >= 0.3 is 0 Å². The van der Waals surface area contributed by atoms with Crippen LogP contribution in [0.2, 0.25) is 0 Å². The van der Waals surface area contributed by atoms with Crippen molar-refractivity contribution >= 4 is 0 Å². The van der Waals surface area contributed by atoms with Gasteiger partial charge in [-0.15, -0.1) is 0 Å². The SMILES string of the molecule is NC(=CC(O)O)C1=CC=CNC1. The second-order valence-electron chi connectivity index (χ2n) is 2.47. The van der Waals surface area contributed by atoms with Crippen LogP contribution in [-0.2, 0) is 0 Å². The highest BCUT2D eigenvalue weighted by Crippen LogP contribution is 2.06. The van der Waals surface area contributed by atoms with Crippen LogP contribution in [0.4, 0.5) is 0 Å². The molecule has 66 valence electrons. The Labute approximate surface area is 70.7 Å². The summed E-state index contributed by atoms with van der Waals surface area (Å²) in [5, 5.41) is 20.1. The maximum Gasteiger partial charge on any atom is 0.173 e. The smallest absolute Gasteiger partial charge is 0.173 e. The van der Waals surface area contributed by atoms with E-state index in [1.54, 1.807) is 6.20 Å². The Morgan fingerprint density at radius 2 is 2.42 bits per heavy atom. The zero-order chi connectivity index (χ0) is 8.97. The Hall–Kier alpha value is -1.26. The van der Waals surface area contributed by atoms with E-state index in [4.69, 9.17) is 15.9 Å². The van der Waals surface area contributed by atoms with Gasteiger partial charge in [0.2, 0.25) is 0 Å². The summed E-state index contributed by atoms with van der Waals surface area (Å²) in [5.74, 6) is 0. The fraction of sp³-hybridized carbons (Fsp3) is 0.250. The Kier molecular flexibility index (Phi) is 2.90. The number of hydrogen-bond donors (Lipinski definition) is 4. The lowest BCUT2D eigenvalue weighted by Crippen LogP contribution is -2.18. The van der Waals surface area contributed by atoms with Gasteiger partial charge in [-0.2, -0.15) is 0 Å². The molecule has 0 spiro atoms. The van der Waals surface area contributed by atoms with Crippen LogP contribution in [0.3, 0.4) is 0 Å². The van der Waals surface area contributed by atoms with Gasteiger partial charge in [-0.25, -0.2) is 0 Å². The summed E-state index contributed by atoms with van der Waals surface area (Å²) in [6.45, 7) is 0.617. The third-order valence-corrected chi connectivity index (χ3v) is 1.50. The summed E-state index contributed by atoms with van der Waals surface area (Å²) in [5.41, 5.74) is 6.79. The summed E-state index contributed by atoms with van der Waals surface area (Å²) in [7, 11) is 0. The Morgan fingerprint density at radius 3 is 2.92 bits per heavy atom. The molecule has 1 aliphatic heterocycles. The zero-order valence-electron chi connectivity index (χ0n) is 6.57. The molecule has 0 atom stereocenters. The molecular weight excluding hydrogens is 156 g/mol. The van der Waals surface area contributed by atoms with Crippen molar-refractivity contribution in [3.8, 4) is 0 Å². The van der Waals surface area contributed by atoms with E-state index in [9.17, 15) is 0 Å². The van der Waals surface area contributed by atoms with E-state index in [2.05, 4.69) is 5.32 Å². The van der Waals surface area contributed by atoms with Crippen LogP contribution in [0.15, 0.2) is 35.7 Å². The van der Waals surface area contributed by atoms with E-state index >= 15 is 0 Å². The predicted octanol–water partition coefficient (Wildman–Crippen LogP) is -0.817. The number of aliphatic hydroxyl groups excluding tert-OH is 1. The molecule has 0 unspecified atom stereocenters. The molecule has 12 heavy (non-hydrogen) atoms. The molecule has 5 N–H and O–H groups in total. The van der Waals surface area contributed by atoms with E-state index < -0.39 is 6.29 Å². The lowest BCUT2D eigenvalue weighted by atomic mass is 10.1. The van der Waals surface area contributed by atoms with E-state index in [-0.39, 0.29) is 0 Å². The van der Waals surface area contributed by atoms with Gasteiger partial charge in [0.05, 0.1) is 0 Å². The van der Waals surface area contributed by atoms with Gasteiger partial charge in [0.15, 0.2) is 6.29 Å². The number of dihydropyridines is 1. The molecule has 0 fully saturated rings. The third-order valence-electron chi connectivity index (χ3n) is 1.50. The molecule has 0 radical (unpaired) electrons. The molecule has 0 aromatic rings. The largest absolute Gasteiger partial charge is 0.399 e. The minimum atomic E-state index is -1.49. The standard InChI is InChI=1S/C8H12N2O2/c9-7(4-8(11)12)6-2-1-3-10-5-6/h1-4,8,10-12H,5,9H2. The van der Waals surface area contributed by atoms with Crippen molar-refractivity contribution in [2.45, 2.75) is 6.29 Å². The first-order chi connectivity index (χ1) is 5.70. The van der Waals surface area contributed by atoms with E-state index in [1.165, 1.54) is 6.08 Å². The summed E-state index contributed by atoms with van der Waals surface area (Å²) >= 11 is 0. The molecule has 0 aromatic heterocycles. The first-order valence-electron chi connectivity index (χ1n) is 3.63. The van der Waals surface area contributed by atoms with Crippen LogP contribution in [-0.4, -0.2) is 23.0 Å². The average Bonchev–Trinajstić information content (AvgIpc) is 2.05. The first kappa shape index (κ1) is 8.83. The number of nitrogens with one attached hydrogen (secondary N) is 1. The van der Waals surface area contributed by atoms with E-state index in [0.29, 0.717) is 12.2 Å². The summed E-state index contributed by atoms with van der Waals surface area (Å²) in [6, 6.07) is 0. The van der Waals surface area contributed by atoms with Crippen molar-refractivity contribution in [2.75, 3.05) is 6.54 Å². The van der Waals surface area contributed by atoms with Crippen molar-refractivity contribution in [1.29, 1.82) is 0 Å². The fourth-order valence-corrected chi connectivity index (χ4v) is 0.926. The maximum absolute atomic E-state index is 8.59. The van der Waals surface area contributed by atoms with Crippen molar-refractivity contribution < 1.29 is 10.2 Å². The average molecular weight is 168 g/mol. The molecule has 1 aliphatic rings. The molecule has 0 amide bonds. The summed E-state index contributed by atoms with van der Waals surface area (Å²) < 4.78 is 0. The van der Waals surface area contributed by atoms with Crippen LogP contribution in [0.25, 0.3) is 0 Å². The third kappa shape index (κ3) is 2.41. The Balaban J connectivity index is 2.69. The van der Waals surface area contributed by atoms with Gasteiger partial charge < -0.3 is 21.3 Å². The van der Waals surface area contributed by atoms with Crippen LogP contribution in [0.1, 0.15) is 0 Å². The summed E-state index contributed by atoms with van der Waals surface area (Å²) in [4.78, 5) is 0. The lowest BCUT2D eigenvalue weighted by Gasteiger charge is -2.11.